The molecule has 10 heteroatoms. The molecular weight excluding hydrogens is 452 g/mol. The van der Waals surface area contributed by atoms with Crippen LogP contribution >= 0.6 is 0 Å². The maximum atomic E-state index is 13.4. The zero-order valence-electron chi connectivity index (χ0n) is 20.6. The number of carbonyl (C=O) groups excluding carboxylic acids is 1. The number of rotatable bonds is 12. The van der Waals surface area contributed by atoms with Crippen molar-refractivity contribution in [2.45, 2.75) is 56.8 Å². The Morgan fingerprint density at radius 2 is 1.83 bits per heavy atom. The first-order valence-corrected chi connectivity index (χ1v) is 12.0. The van der Waals surface area contributed by atoms with Crippen LogP contribution in [0.5, 0.6) is 11.8 Å². The van der Waals surface area contributed by atoms with E-state index in [1.165, 1.54) is 27.1 Å². The van der Waals surface area contributed by atoms with Crippen molar-refractivity contribution in [2.24, 2.45) is 5.92 Å². The van der Waals surface area contributed by atoms with Gasteiger partial charge in [-0.2, -0.15) is 0 Å². The monoisotopic (exact) mass is 486 g/mol. The van der Waals surface area contributed by atoms with E-state index in [0.717, 1.165) is 24.5 Å². The Bertz CT molecular complexity index is 956. The third kappa shape index (κ3) is 5.88. The van der Waals surface area contributed by atoms with Crippen molar-refractivity contribution in [1.82, 2.24) is 19.9 Å². The topological polar surface area (TPSA) is 105 Å². The molecule has 4 rings (SSSR count). The van der Waals surface area contributed by atoms with Crippen LogP contribution in [0.25, 0.3) is 0 Å². The lowest BCUT2D eigenvalue weighted by molar-refractivity contribution is -0.236. The fourth-order valence-corrected chi connectivity index (χ4v) is 4.74. The molecule has 2 fully saturated rings. The van der Waals surface area contributed by atoms with Gasteiger partial charge in [0.25, 0.3) is 5.91 Å². The van der Waals surface area contributed by atoms with Gasteiger partial charge in [0.1, 0.15) is 31.9 Å². The zero-order valence-corrected chi connectivity index (χ0v) is 20.6. The zero-order chi connectivity index (χ0) is 24.7. The molecule has 190 valence electrons. The molecule has 1 saturated heterocycles. The fourth-order valence-electron chi connectivity index (χ4n) is 4.74. The number of nitrogens with zero attached hydrogens (tertiary/aromatic N) is 4. The van der Waals surface area contributed by atoms with Gasteiger partial charge in [0.05, 0.1) is 6.10 Å². The van der Waals surface area contributed by atoms with Crippen molar-refractivity contribution in [3.63, 3.8) is 0 Å². The number of β-lactam (4-membered cyclic amide) rings is 1. The summed E-state index contributed by atoms with van der Waals surface area (Å²) in [7, 11) is 3.06. The van der Waals surface area contributed by atoms with Crippen molar-refractivity contribution in [1.29, 1.82) is 0 Å². The Hall–Kier alpha value is -2.82. The maximum Gasteiger partial charge on any atom is 0.316 e. The quantitative estimate of drug-likeness (QED) is 0.331. The summed E-state index contributed by atoms with van der Waals surface area (Å²) in [6.07, 6.45) is 9.78. The molecule has 2 aliphatic rings. The second kappa shape index (κ2) is 11.7. The van der Waals surface area contributed by atoms with Crippen LogP contribution in [-0.2, 0) is 25.4 Å². The second-order valence-corrected chi connectivity index (χ2v) is 9.15. The molecule has 0 unspecified atom stereocenters. The molecule has 2 aromatic rings. The minimum absolute atomic E-state index is 0.0542. The van der Waals surface area contributed by atoms with Gasteiger partial charge in [0, 0.05) is 51.0 Å². The average Bonchev–Trinajstić information content (AvgIpc) is 2.88. The summed E-state index contributed by atoms with van der Waals surface area (Å²) in [5.41, 5.74) is -0.538. The molecule has 10 nitrogen and oxygen atoms in total. The molecule has 3 heterocycles. The predicted octanol–water partition coefficient (Wildman–Crippen LogP) is 2.62. The van der Waals surface area contributed by atoms with Crippen molar-refractivity contribution >= 4 is 5.91 Å². The third-order valence-electron chi connectivity index (χ3n) is 6.65. The summed E-state index contributed by atoms with van der Waals surface area (Å²) in [6.45, 7) is 2.46. The Morgan fingerprint density at radius 3 is 2.54 bits per heavy atom. The van der Waals surface area contributed by atoms with Crippen LogP contribution in [-0.4, -0.2) is 77.9 Å². The molecule has 1 aliphatic carbocycles. The van der Waals surface area contributed by atoms with E-state index in [-0.39, 0.29) is 44.6 Å². The Balaban J connectivity index is 1.52. The van der Waals surface area contributed by atoms with E-state index in [1.54, 1.807) is 29.6 Å². The Kier molecular flexibility index (Phi) is 8.48. The molecule has 1 amide bonds. The van der Waals surface area contributed by atoms with E-state index < -0.39 is 11.6 Å². The van der Waals surface area contributed by atoms with E-state index in [2.05, 4.69) is 21.9 Å². The first-order chi connectivity index (χ1) is 17.1. The van der Waals surface area contributed by atoms with Crippen LogP contribution in [0.4, 0.5) is 0 Å². The largest absolute Gasteiger partial charge is 0.490 e. The standard InChI is InChI=1S/C25H34N4O6/c1-18-5-7-20(8-6-18)35-21-9-12-26-19(13-21)14-25(34-17-32-3)22(29(16-31-2)23(25)30)15-33-24-27-10-4-11-28-24/h4,9-13,18,20,22H,5-8,14-17H2,1-3H3/t18?,20?,22-,25+/m0/s1. The van der Waals surface area contributed by atoms with E-state index in [1.807, 2.05) is 12.1 Å². The Morgan fingerprint density at radius 1 is 1.06 bits per heavy atom. The molecule has 0 N–H and O–H groups in total. The van der Waals surface area contributed by atoms with Crippen LogP contribution in [0.2, 0.25) is 0 Å². The summed E-state index contributed by atoms with van der Waals surface area (Å²) >= 11 is 0. The van der Waals surface area contributed by atoms with Crippen molar-refractivity contribution < 1.29 is 28.5 Å². The SMILES string of the molecule is COCO[C@@]1(Cc2cc(OC3CCC(C)CC3)ccn2)C(=O)N(COC)[C@H]1COc1ncccn1. The number of hydrogen-bond donors (Lipinski definition) is 0. The lowest BCUT2D eigenvalue weighted by atomic mass is 9.78. The minimum Gasteiger partial charge on any atom is -0.490 e. The lowest BCUT2D eigenvalue weighted by Crippen LogP contribution is -2.77. The number of pyridine rings is 1. The molecule has 2 aromatic heterocycles. The molecule has 1 saturated carbocycles. The van der Waals surface area contributed by atoms with Crippen LogP contribution < -0.4 is 9.47 Å². The summed E-state index contributed by atoms with van der Waals surface area (Å²) in [6, 6.07) is 5.22. The van der Waals surface area contributed by atoms with Gasteiger partial charge < -0.3 is 28.6 Å². The van der Waals surface area contributed by atoms with Gasteiger partial charge in [0.15, 0.2) is 5.60 Å². The van der Waals surface area contributed by atoms with Gasteiger partial charge >= 0.3 is 6.01 Å². The maximum absolute atomic E-state index is 13.4. The van der Waals surface area contributed by atoms with E-state index >= 15 is 0 Å². The molecule has 0 radical (unpaired) electrons. The van der Waals surface area contributed by atoms with Gasteiger partial charge in [-0.3, -0.25) is 9.78 Å². The van der Waals surface area contributed by atoms with E-state index in [9.17, 15) is 4.79 Å². The smallest absolute Gasteiger partial charge is 0.316 e. The number of ether oxygens (including phenoxy) is 5. The summed E-state index contributed by atoms with van der Waals surface area (Å²) in [5, 5.41) is 0. The second-order valence-electron chi connectivity index (χ2n) is 9.15. The molecule has 2 atom stereocenters. The van der Waals surface area contributed by atoms with Crippen molar-refractivity contribution in [2.75, 3.05) is 34.4 Å². The first kappa shape index (κ1) is 25.3. The fraction of sp³-hybridized carbons (Fsp3) is 0.600. The molecule has 0 spiro atoms. The Labute approximate surface area is 205 Å². The summed E-state index contributed by atoms with van der Waals surface area (Å²) < 4.78 is 28.5. The molecule has 0 aromatic carbocycles. The molecule has 0 bridgehead atoms. The van der Waals surface area contributed by atoms with E-state index in [0.29, 0.717) is 5.69 Å². The highest BCUT2D eigenvalue weighted by atomic mass is 16.7. The van der Waals surface area contributed by atoms with Crippen LogP contribution in [0.3, 0.4) is 0 Å². The number of hydrogen-bond acceptors (Lipinski definition) is 9. The summed E-state index contributed by atoms with van der Waals surface area (Å²) in [4.78, 5) is 27.6. The average molecular weight is 487 g/mol. The number of amides is 1. The van der Waals surface area contributed by atoms with Gasteiger partial charge in [-0.1, -0.05) is 6.92 Å². The van der Waals surface area contributed by atoms with Crippen LogP contribution in [0.1, 0.15) is 38.3 Å². The first-order valence-electron chi connectivity index (χ1n) is 12.0. The molecular formula is C25H34N4O6. The summed E-state index contributed by atoms with van der Waals surface area (Å²) in [5.74, 6) is 1.29. The van der Waals surface area contributed by atoms with Crippen molar-refractivity contribution in [3.8, 4) is 11.8 Å². The number of methoxy groups -OCH3 is 2. The van der Waals surface area contributed by atoms with Crippen LogP contribution in [0, 0.1) is 5.92 Å². The normalized spacial score (nSPS) is 26.3. The van der Waals surface area contributed by atoms with Gasteiger partial charge in [0.2, 0.25) is 0 Å². The van der Waals surface area contributed by atoms with E-state index in [4.69, 9.17) is 23.7 Å². The van der Waals surface area contributed by atoms with Crippen LogP contribution in [0.15, 0.2) is 36.8 Å². The van der Waals surface area contributed by atoms with Gasteiger partial charge in [-0.15, -0.1) is 0 Å². The van der Waals surface area contributed by atoms with Crippen molar-refractivity contribution in [3.05, 3.63) is 42.5 Å². The molecule has 1 aliphatic heterocycles. The van der Waals surface area contributed by atoms with Gasteiger partial charge in [-0.25, -0.2) is 9.97 Å². The number of aromatic nitrogens is 3. The number of carbonyl (C=O) groups is 1. The third-order valence-corrected chi connectivity index (χ3v) is 6.65. The number of likely N-dealkylation sites (tertiary alicyclic amines) is 1. The van der Waals surface area contributed by atoms with Gasteiger partial charge in [-0.05, 0) is 43.7 Å². The highest BCUT2D eigenvalue weighted by Crippen LogP contribution is 2.38. The lowest BCUT2D eigenvalue weighted by Gasteiger charge is -2.54. The highest BCUT2D eigenvalue weighted by molar-refractivity contribution is 5.93. The highest BCUT2D eigenvalue weighted by Gasteiger charge is 2.62. The minimum atomic E-state index is -1.23. The predicted molar refractivity (Wildman–Crippen MR) is 126 cm³/mol. The molecule has 35 heavy (non-hydrogen) atoms.